The van der Waals surface area contributed by atoms with Crippen molar-refractivity contribution in [1.82, 2.24) is 0 Å². The Balaban J connectivity index is 2.74. The highest BCUT2D eigenvalue weighted by Gasteiger charge is 2.43. The molecule has 1 atom stereocenters. The Morgan fingerprint density at radius 2 is 1.73 bits per heavy atom. The molecule has 1 fully saturated rings. The fourth-order valence-corrected chi connectivity index (χ4v) is 2.32. The number of ether oxygens (including phenoxy) is 2. The molecule has 0 aliphatic heterocycles. The van der Waals surface area contributed by atoms with Crippen LogP contribution in [-0.2, 0) is 14.3 Å². The maximum Gasteiger partial charge on any atom is 0.183 e. The maximum atomic E-state index is 11.2. The molecule has 0 spiro atoms. The molecule has 1 rings (SSSR count). The van der Waals surface area contributed by atoms with E-state index in [4.69, 9.17) is 9.47 Å². The van der Waals surface area contributed by atoms with Crippen LogP contribution in [0.2, 0.25) is 0 Å². The second-order valence-electron chi connectivity index (χ2n) is 4.20. The number of hydrogen-bond acceptors (Lipinski definition) is 4. The molecule has 0 amide bonds. The minimum atomic E-state index is -0.870. The van der Waals surface area contributed by atoms with Gasteiger partial charge >= 0.3 is 0 Å². The SMILES string of the molecule is COC(OC)[C@H](O)C1(C=O)CCCCC1. The van der Waals surface area contributed by atoms with E-state index in [0.717, 1.165) is 38.4 Å². The smallest absolute Gasteiger partial charge is 0.183 e. The molecule has 0 aromatic heterocycles. The van der Waals surface area contributed by atoms with Crippen LogP contribution in [0.15, 0.2) is 0 Å². The van der Waals surface area contributed by atoms with E-state index in [9.17, 15) is 9.90 Å². The number of rotatable bonds is 5. The van der Waals surface area contributed by atoms with Crippen LogP contribution >= 0.6 is 0 Å². The zero-order valence-corrected chi connectivity index (χ0v) is 9.44. The molecule has 0 heterocycles. The van der Waals surface area contributed by atoms with Crippen molar-refractivity contribution < 1.29 is 19.4 Å². The molecule has 1 N–H and O–H groups in total. The topological polar surface area (TPSA) is 55.8 Å². The van der Waals surface area contributed by atoms with E-state index >= 15 is 0 Å². The van der Waals surface area contributed by atoms with Gasteiger partial charge in [-0.2, -0.15) is 0 Å². The normalized spacial score (nSPS) is 22.7. The van der Waals surface area contributed by atoms with Crippen molar-refractivity contribution in [3.8, 4) is 0 Å². The molecule has 0 bridgehead atoms. The summed E-state index contributed by atoms with van der Waals surface area (Å²) in [6.45, 7) is 0. The second-order valence-corrected chi connectivity index (χ2v) is 4.20. The molecule has 1 saturated carbocycles. The van der Waals surface area contributed by atoms with Crippen LogP contribution in [0.3, 0.4) is 0 Å². The van der Waals surface area contributed by atoms with Crippen LogP contribution in [0.4, 0.5) is 0 Å². The van der Waals surface area contributed by atoms with Crippen molar-refractivity contribution in [2.24, 2.45) is 5.41 Å². The third-order valence-corrected chi connectivity index (χ3v) is 3.33. The first-order valence-electron chi connectivity index (χ1n) is 5.40. The molecule has 4 heteroatoms. The van der Waals surface area contributed by atoms with E-state index in [1.54, 1.807) is 0 Å². The lowest BCUT2D eigenvalue weighted by molar-refractivity contribution is -0.200. The van der Waals surface area contributed by atoms with Gasteiger partial charge in [0.15, 0.2) is 6.29 Å². The minimum absolute atomic E-state index is 0.672. The van der Waals surface area contributed by atoms with Crippen molar-refractivity contribution in [1.29, 1.82) is 0 Å². The van der Waals surface area contributed by atoms with Crippen molar-refractivity contribution in [2.75, 3.05) is 14.2 Å². The van der Waals surface area contributed by atoms with E-state index < -0.39 is 17.8 Å². The zero-order chi connectivity index (χ0) is 11.3. The first-order valence-corrected chi connectivity index (χ1v) is 5.40. The highest BCUT2D eigenvalue weighted by atomic mass is 16.7. The van der Waals surface area contributed by atoms with E-state index in [2.05, 4.69) is 0 Å². The summed E-state index contributed by atoms with van der Waals surface area (Å²) in [5.41, 5.74) is -0.672. The third-order valence-electron chi connectivity index (χ3n) is 3.33. The molecule has 1 aliphatic carbocycles. The lowest BCUT2D eigenvalue weighted by Gasteiger charge is -2.38. The van der Waals surface area contributed by atoms with Gasteiger partial charge in [-0.3, -0.25) is 0 Å². The second kappa shape index (κ2) is 5.58. The first-order chi connectivity index (χ1) is 7.20. The number of aliphatic hydroxyl groups excluding tert-OH is 1. The number of hydrogen-bond donors (Lipinski definition) is 1. The minimum Gasteiger partial charge on any atom is -0.387 e. The van der Waals surface area contributed by atoms with Crippen molar-refractivity contribution in [3.05, 3.63) is 0 Å². The predicted octanol–water partition coefficient (Wildman–Crippen LogP) is 1.12. The average Bonchev–Trinajstić information content (AvgIpc) is 2.31. The van der Waals surface area contributed by atoms with Crippen LogP contribution in [0.25, 0.3) is 0 Å². The fourth-order valence-electron chi connectivity index (χ4n) is 2.32. The number of carbonyl (C=O) groups is 1. The first kappa shape index (κ1) is 12.6. The molecular formula is C11H20O4. The van der Waals surface area contributed by atoms with E-state index in [1.165, 1.54) is 14.2 Å². The van der Waals surface area contributed by atoms with Gasteiger partial charge in [-0.15, -0.1) is 0 Å². The van der Waals surface area contributed by atoms with Crippen LogP contribution in [-0.4, -0.2) is 38.0 Å². The highest BCUT2D eigenvalue weighted by molar-refractivity contribution is 5.60. The summed E-state index contributed by atoms with van der Waals surface area (Å²) in [6.07, 6.45) is 3.83. The fraction of sp³-hybridized carbons (Fsp3) is 0.909. The zero-order valence-electron chi connectivity index (χ0n) is 9.44. The van der Waals surface area contributed by atoms with Crippen molar-refractivity contribution in [3.63, 3.8) is 0 Å². The summed E-state index contributed by atoms with van der Waals surface area (Å²) >= 11 is 0. The lowest BCUT2D eigenvalue weighted by Crippen LogP contribution is -2.47. The highest BCUT2D eigenvalue weighted by Crippen LogP contribution is 2.39. The molecule has 0 radical (unpaired) electrons. The summed E-state index contributed by atoms with van der Waals surface area (Å²) in [7, 11) is 2.94. The Hall–Kier alpha value is -0.450. The van der Waals surface area contributed by atoms with Crippen molar-refractivity contribution >= 4 is 6.29 Å². The molecular weight excluding hydrogens is 196 g/mol. The Bertz CT molecular complexity index is 195. The van der Waals surface area contributed by atoms with E-state index in [1.807, 2.05) is 0 Å². The summed E-state index contributed by atoms with van der Waals surface area (Å²) in [5.74, 6) is 0. The van der Waals surface area contributed by atoms with Crippen LogP contribution < -0.4 is 0 Å². The molecule has 0 aromatic carbocycles. The summed E-state index contributed by atoms with van der Waals surface area (Å²) in [4.78, 5) is 11.2. The molecule has 4 nitrogen and oxygen atoms in total. The quantitative estimate of drug-likeness (QED) is 0.552. The molecule has 0 unspecified atom stereocenters. The van der Waals surface area contributed by atoms with E-state index in [-0.39, 0.29) is 0 Å². The number of carbonyl (C=O) groups excluding carboxylic acids is 1. The number of methoxy groups -OCH3 is 2. The largest absolute Gasteiger partial charge is 0.387 e. The Labute approximate surface area is 90.6 Å². The van der Waals surface area contributed by atoms with Crippen molar-refractivity contribution in [2.45, 2.75) is 44.5 Å². The molecule has 0 saturated heterocycles. The maximum absolute atomic E-state index is 11.2. The van der Waals surface area contributed by atoms with Gasteiger partial charge in [-0.25, -0.2) is 0 Å². The standard InChI is InChI=1S/C11H20O4/c1-14-10(15-2)9(13)11(8-12)6-4-3-5-7-11/h8-10,13H,3-7H2,1-2H3/t9-/m0/s1. The Kier molecular flexibility index (Phi) is 4.70. The predicted molar refractivity (Wildman–Crippen MR) is 55.4 cm³/mol. The summed E-state index contributed by atoms with van der Waals surface area (Å²) in [5, 5.41) is 10.1. The van der Waals surface area contributed by atoms with Gasteiger partial charge in [-0.05, 0) is 12.8 Å². The Morgan fingerprint density at radius 1 is 1.20 bits per heavy atom. The molecule has 1 aliphatic rings. The van der Waals surface area contributed by atoms with Gasteiger partial charge in [0.05, 0.1) is 5.41 Å². The average molecular weight is 216 g/mol. The lowest BCUT2D eigenvalue weighted by atomic mass is 9.71. The van der Waals surface area contributed by atoms with Gasteiger partial charge in [0, 0.05) is 14.2 Å². The molecule has 88 valence electrons. The molecule has 15 heavy (non-hydrogen) atoms. The van der Waals surface area contributed by atoms with Crippen LogP contribution in [0.5, 0.6) is 0 Å². The number of aliphatic hydroxyl groups is 1. The van der Waals surface area contributed by atoms with Gasteiger partial charge in [0.25, 0.3) is 0 Å². The summed E-state index contributed by atoms with van der Waals surface area (Å²) in [6, 6.07) is 0. The van der Waals surface area contributed by atoms with Gasteiger partial charge in [0.2, 0.25) is 0 Å². The Morgan fingerprint density at radius 3 is 2.13 bits per heavy atom. The van der Waals surface area contributed by atoms with Crippen LogP contribution in [0, 0.1) is 5.41 Å². The number of aldehydes is 1. The van der Waals surface area contributed by atoms with Gasteiger partial charge < -0.3 is 19.4 Å². The van der Waals surface area contributed by atoms with Gasteiger partial charge in [0.1, 0.15) is 12.4 Å². The monoisotopic (exact) mass is 216 g/mol. The summed E-state index contributed by atoms with van der Waals surface area (Å²) < 4.78 is 10.0. The van der Waals surface area contributed by atoms with Crippen LogP contribution in [0.1, 0.15) is 32.1 Å². The van der Waals surface area contributed by atoms with Gasteiger partial charge in [-0.1, -0.05) is 19.3 Å². The third kappa shape index (κ3) is 2.56. The molecule has 0 aromatic rings. The van der Waals surface area contributed by atoms with E-state index in [0.29, 0.717) is 0 Å².